The Kier molecular flexibility index (Phi) is 3.78. The number of allylic oxidation sites excluding steroid dienone is 2. The lowest BCUT2D eigenvalue weighted by Gasteiger charge is -2.20. The van der Waals surface area contributed by atoms with Gasteiger partial charge in [0.1, 0.15) is 0 Å². The van der Waals surface area contributed by atoms with Crippen molar-refractivity contribution in [1.29, 1.82) is 10.7 Å². The van der Waals surface area contributed by atoms with Crippen molar-refractivity contribution < 1.29 is 0 Å². The van der Waals surface area contributed by atoms with Crippen LogP contribution in [0.25, 0.3) is 5.57 Å². The number of nitrogens with one attached hydrogen (secondary N) is 2. The van der Waals surface area contributed by atoms with E-state index in [9.17, 15) is 0 Å². The Morgan fingerprint density at radius 2 is 2.28 bits per heavy atom. The second kappa shape index (κ2) is 5.50. The Morgan fingerprint density at radius 1 is 1.44 bits per heavy atom. The van der Waals surface area contributed by atoms with Crippen molar-refractivity contribution in [1.82, 2.24) is 5.32 Å². The van der Waals surface area contributed by atoms with Crippen molar-refractivity contribution in [3.8, 4) is 6.07 Å². The average Bonchev–Trinajstić information content (AvgIpc) is 2.42. The first-order chi connectivity index (χ1) is 8.76. The van der Waals surface area contributed by atoms with Gasteiger partial charge in [-0.3, -0.25) is 0 Å². The molecule has 0 radical (unpaired) electrons. The highest BCUT2D eigenvalue weighted by Gasteiger charge is 2.12. The van der Waals surface area contributed by atoms with E-state index >= 15 is 0 Å². The highest BCUT2D eigenvalue weighted by atomic mass is 14.9. The summed E-state index contributed by atoms with van der Waals surface area (Å²) in [7, 11) is 0. The summed E-state index contributed by atoms with van der Waals surface area (Å²) in [6.07, 6.45) is 4.79. The monoisotopic (exact) mass is 239 g/mol. The minimum atomic E-state index is 0.669. The molecule has 1 aliphatic heterocycles. The molecular weight excluding hydrogens is 222 g/mol. The van der Waals surface area contributed by atoms with E-state index in [-0.39, 0.29) is 0 Å². The summed E-state index contributed by atoms with van der Waals surface area (Å²) in [5, 5.41) is 19.9. The first-order valence-electron chi connectivity index (χ1n) is 6.25. The zero-order valence-electron chi connectivity index (χ0n) is 10.6. The van der Waals surface area contributed by atoms with Gasteiger partial charge in [0, 0.05) is 24.0 Å². The van der Waals surface area contributed by atoms with E-state index in [1.807, 2.05) is 25.1 Å². The molecule has 3 nitrogen and oxygen atoms in total. The zero-order chi connectivity index (χ0) is 13.0. The Balaban J connectivity index is 2.45. The van der Waals surface area contributed by atoms with E-state index in [4.69, 9.17) is 10.7 Å². The van der Waals surface area contributed by atoms with Crippen LogP contribution in [-0.4, -0.2) is 12.8 Å². The van der Waals surface area contributed by atoms with Gasteiger partial charge in [0.15, 0.2) is 0 Å². The Hall–Kier alpha value is -2.08. The number of aryl methyl sites for hydroxylation is 1. The highest BCUT2D eigenvalue weighted by molar-refractivity contribution is 6.10. The number of rotatable bonds is 2. The molecule has 0 unspecified atom stereocenters. The molecule has 2 N–H and O–H groups in total. The quantitative estimate of drug-likeness (QED) is 0.779. The lowest BCUT2D eigenvalue weighted by molar-refractivity contribution is 0.591. The fourth-order valence-electron chi connectivity index (χ4n) is 2.35. The minimum absolute atomic E-state index is 0.669. The van der Waals surface area contributed by atoms with E-state index in [2.05, 4.69) is 11.4 Å². The second-order valence-electron chi connectivity index (χ2n) is 4.56. The molecule has 92 valence electrons. The first kappa shape index (κ1) is 12.4. The van der Waals surface area contributed by atoms with Gasteiger partial charge in [-0.1, -0.05) is 6.07 Å². The molecule has 1 heterocycles. The third kappa shape index (κ3) is 2.43. The lowest BCUT2D eigenvalue weighted by atomic mass is 9.95. The summed E-state index contributed by atoms with van der Waals surface area (Å²) < 4.78 is 0. The van der Waals surface area contributed by atoms with E-state index in [0.717, 1.165) is 35.4 Å². The molecule has 0 bridgehead atoms. The van der Waals surface area contributed by atoms with Crippen molar-refractivity contribution in [2.45, 2.75) is 26.2 Å². The van der Waals surface area contributed by atoms with Crippen LogP contribution in [0.3, 0.4) is 0 Å². The number of piperidine rings is 1. The van der Waals surface area contributed by atoms with Gasteiger partial charge in [-0.05, 0) is 49.4 Å². The summed E-state index contributed by atoms with van der Waals surface area (Å²) >= 11 is 0. The molecule has 1 saturated heterocycles. The van der Waals surface area contributed by atoms with E-state index in [1.54, 1.807) is 0 Å². The predicted molar refractivity (Wildman–Crippen MR) is 73.5 cm³/mol. The highest BCUT2D eigenvalue weighted by Crippen LogP contribution is 2.24. The minimum Gasteiger partial charge on any atom is -0.388 e. The summed E-state index contributed by atoms with van der Waals surface area (Å²) in [4.78, 5) is 0. The standard InChI is InChI=1S/C15H17N3/c1-11-8-12(9-16)5-6-13(11)14(10-17)15-4-2-3-7-18-15/h5-6,8,10,17-18H,2-4,7H2,1H3/b15-14+,17-10?. The fraction of sp³-hybridized carbons (Fsp3) is 0.333. The van der Waals surface area contributed by atoms with Gasteiger partial charge in [0.25, 0.3) is 0 Å². The van der Waals surface area contributed by atoms with Crippen LogP contribution in [0.1, 0.15) is 36.0 Å². The fourth-order valence-corrected chi connectivity index (χ4v) is 2.35. The summed E-state index contributed by atoms with van der Waals surface area (Å²) in [6.45, 7) is 2.98. The smallest absolute Gasteiger partial charge is 0.0991 e. The van der Waals surface area contributed by atoms with Crippen LogP contribution in [-0.2, 0) is 0 Å². The molecule has 2 rings (SSSR count). The zero-order valence-corrected chi connectivity index (χ0v) is 10.6. The van der Waals surface area contributed by atoms with Crippen molar-refractivity contribution in [3.05, 3.63) is 40.6 Å². The van der Waals surface area contributed by atoms with Gasteiger partial charge in [0.2, 0.25) is 0 Å². The molecular formula is C15H17N3. The van der Waals surface area contributed by atoms with Crippen molar-refractivity contribution in [3.63, 3.8) is 0 Å². The molecule has 1 aliphatic rings. The SMILES string of the molecule is Cc1cc(C#N)ccc1/C(C=N)=C1\CCCCN1. The number of nitriles is 1. The third-order valence-corrected chi connectivity index (χ3v) is 3.31. The maximum absolute atomic E-state index is 8.88. The Labute approximate surface area is 108 Å². The van der Waals surface area contributed by atoms with Crippen LogP contribution in [0, 0.1) is 23.7 Å². The topological polar surface area (TPSA) is 59.7 Å². The lowest BCUT2D eigenvalue weighted by Crippen LogP contribution is -2.21. The molecule has 1 aromatic rings. The number of hydrogen-bond acceptors (Lipinski definition) is 3. The molecule has 0 aliphatic carbocycles. The maximum atomic E-state index is 8.88. The van der Waals surface area contributed by atoms with Gasteiger partial charge >= 0.3 is 0 Å². The summed E-state index contributed by atoms with van der Waals surface area (Å²) in [5.41, 5.74) is 4.88. The van der Waals surface area contributed by atoms with Gasteiger partial charge in [-0.2, -0.15) is 5.26 Å². The molecule has 0 saturated carbocycles. The normalized spacial score (nSPS) is 17.6. The number of hydrogen-bond donors (Lipinski definition) is 2. The van der Waals surface area contributed by atoms with Crippen LogP contribution in [0.15, 0.2) is 23.9 Å². The average molecular weight is 239 g/mol. The van der Waals surface area contributed by atoms with E-state index < -0.39 is 0 Å². The molecule has 1 fully saturated rings. The van der Waals surface area contributed by atoms with Crippen LogP contribution >= 0.6 is 0 Å². The van der Waals surface area contributed by atoms with Gasteiger partial charge in [0.05, 0.1) is 11.6 Å². The predicted octanol–water partition coefficient (Wildman–Crippen LogP) is 3.00. The third-order valence-electron chi connectivity index (χ3n) is 3.31. The Morgan fingerprint density at radius 3 is 2.83 bits per heavy atom. The van der Waals surface area contributed by atoms with Crippen molar-refractivity contribution in [2.75, 3.05) is 6.54 Å². The molecule has 1 aromatic carbocycles. The van der Waals surface area contributed by atoms with Crippen LogP contribution < -0.4 is 5.32 Å². The second-order valence-corrected chi connectivity index (χ2v) is 4.56. The largest absolute Gasteiger partial charge is 0.388 e. The van der Waals surface area contributed by atoms with Crippen LogP contribution in [0.4, 0.5) is 0 Å². The van der Waals surface area contributed by atoms with Crippen molar-refractivity contribution >= 4 is 11.8 Å². The van der Waals surface area contributed by atoms with Crippen molar-refractivity contribution in [2.24, 2.45) is 0 Å². The number of nitrogens with zero attached hydrogens (tertiary/aromatic N) is 1. The summed E-state index contributed by atoms with van der Waals surface area (Å²) in [5.74, 6) is 0. The molecule has 0 aromatic heterocycles. The first-order valence-corrected chi connectivity index (χ1v) is 6.25. The summed E-state index contributed by atoms with van der Waals surface area (Å²) in [6, 6.07) is 7.78. The Bertz CT molecular complexity index is 527. The van der Waals surface area contributed by atoms with E-state index in [1.165, 1.54) is 19.1 Å². The maximum Gasteiger partial charge on any atom is 0.0991 e. The molecule has 18 heavy (non-hydrogen) atoms. The van der Waals surface area contributed by atoms with Gasteiger partial charge < -0.3 is 10.7 Å². The van der Waals surface area contributed by atoms with Gasteiger partial charge in [-0.25, -0.2) is 0 Å². The van der Waals surface area contributed by atoms with Crippen LogP contribution in [0.2, 0.25) is 0 Å². The van der Waals surface area contributed by atoms with Gasteiger partial charge in [-0.15, -0.1) is 0 Å². The van der Waals surface area contributed by atoms with Crippen LogP contribution in [0.5, 0.6) is 0 Å². The molecule has 0 spiro atoms. The van der Waals surface area contributed by atoms with E-state index in [0.29, 0.717) is 5.56 Å². The molecule has 0 amide bonds. The molecule has 3 heteroatoms. The number of benzene rings is 1. The molecule has 0 atom stereocenters.